The fraction of sp³-hybridized carbons (Fsp3) is 0.0625. The molecule has 1 amide bonds. The normalized spacial score (nSPS) is 10.2. The fourth-order valence-corrected chi connectivity index (χ4v) is 1.93. The van der Waals surface area contributed by atoms with Gasteiger partial charge in [0.1, 0.15) is 5.75 Å². The van der Waals surface area contributed by atoms with E-state index in [1.54, 1.807) is 30.3 Å². The van der Waals surface area contributed by atoms with Crippen molar-refractivity contribution in [3.63, 3.8) is 0 Å². The first-order chi connectivity index (χ1) is 10.8. The Kier molecular flexibility index (Phi) is 3.82. The molecule has 0 aliphatic carbocycles. The Morgan fingerprint density at radius 1 is 0.955 bits per heavy atom. The number of carbonyl (C=O) groups excluding carboxylic acids is 1. The topological polar surface area (TPSA) is 73.3 Å². The molecule has 0 atom stereocenters. The zero-order valence-electron chi connectivity index (χ0n) is 11.8. The molecule has 0 bridgehead atoms. The van der Waals surface area contributed by atoms with Crippen molar-refractivity contribution in [3.8, 4) is 11.6 Å². The van der Waals surface area contributed by atoms with Crippen LogP contribution in [0.3, 0.4) is 0 Å². The molecule has 0 saturated carbocycles. The molecule has 1 N–H and O–H groups in total. The van der Waals surface area contributed by atoms with Gasteiger partial charge in [0.25, 0.3) is 5.88 Å². The van der Waals surface area contributed by atoms with E-state index in [1.165, 1.54) is 7.11 Å². The third-order valence-electron chi connectivity index (χ3n) is 2.91. The third-order valence-corrected chi connectivity index (χ3v) is 2.91. The van der Waals surface area contributed by atoms with Gasteiger partial charge in [0.15, 0.2) is 5.82 Å². The number of carbonyl (C=O) groups is 1. The molecule has 0 unspecified atom stereocenters. The number of aromatic nitrogens is 2. The first-order valence-electron chi connectivity index (χ1n) is 6.61. The van der Waals surface area contributed by atoms with Crippen molar-refractivity contribution in [1.82, 2.24) is 9.97 Å². The van der Waals surface area contributed by atoms with Crippen molar-refractivity contribution in [2.75, 3.05) is 12.4 Å². The number of rotatable bonds is 3. The van der Waals surface area contributed by atoms with Crippen molar-refractivity contribution in [3.05, 3.63) is 54.6 Å². The molecule has 6 heteroatoms. The zero-order chi connectivity index (χ0) is 15.4. The van der Waals surface area contributed by atoms with Crippen LogP contribution in [-0.2, 0) is 0 Å². The Bertz CT molecular complexity index is 806. The quantitative estimate of drug-likeness (QED) is 0.803. The Morgan fingerprint density at radius 3 is 2.27 bits per heavy atom. The average molecular weight is 295 g/mol. The first-order valence-corrected chi connectivity index (χ1v) is 6.61. The van der Waals surface area contributed by atoms with Crippen LogP contribution in [0.15, 0.2) is 54.6 Å². The summed E-state index contributed by atoms with van der Waals surface area (Å²) in [6, 6.07) is 16.1. The van der Waals surface area contributed by atoms with Gasteiger partial charge in [0.05, 0.1) is 18.1 Å². The molecule has 110 valence electrons. The Hall–Kier alpha value is -3.15. The predicted octanol–water partition coefficient (Wildman–Crippen LogP) is 3.25. The molecule has 2 aromatic carbocycles. The van der Waals surface area contributed by atoms with Gasteiger partial charge in [0.2, 0.25) is 0 Å². The van der Waals surface area contributed by atoms with Crippen LogP contribution in [0.4, 0.5) is 10.6 Å². The molecule has 0 spiro atoms. The number of anilines is 1. The molecule has 0 aliphatic rings. The SMILES string of the molecule is COc1nc2ccccc2nc1NC(=O)Oc1ccccc1. The van der Waals surface area contributed by atoms with Gasteiger partial charge >= 0.3 is 6.09 Å². The molecule has 1 aromatic heterocycles. The molecule has 3 rings (SSSR count). The molecule has 0 saturated heterocycles. The van der Waals surface area contributed by atoms with E-state index in [0.717, 1.165) is 0 Å². The zero-order valence-corrected chi connectivity index (χ0v) is 11.8. The molecular formula is C16H13N3O3. The van der Waals surface area contributed by atoms with Gasteiger partial charge in [-0.25, -0.2) is 14.8 Å². The van der Waals surface area contributed by atoms with Gasteiger partial charge < -0.3 is 9.47 Å². The molecule has 22 heavy (non-hydrogen) atoms. The number of nitrogens with one attached hydrogen (secondary N) is 1. The van der Waals surface area contributed by atoms with Crippen molar-refractivity contribution < 1.29 is 14.3 Å². The van der Waals surface area contributed by atoms with Crippen LogP contribution in [0.2, 0.25) is 0 Å². The summed E-state index contributed by atoms with van der Waals surface area (Å²) in [5.41, 5.74) is 1.33. The highest BCUT2D eigenvalue weighted by molar-refractivity contribution is 5.88. The number of nitrogens with zero attached hydrogens (tertiary/aromatic N) is 2. The summed E-state index contributed by atoms with van der Waals surface area (Å²) < 4.78 is 10.3. The van der Waals surface area contributed by atoms with E-state index in [9.17, 15) is 4.79 Å². The molecule has 1 heterocycles. The molecule has 0 radical (unpaired) electrons. The second-order valence-corrected chi connectivity index (χ2v) is 4.40. The number of benzene rings is 2. The number of para-hydroxylation sites is 3. The van der Waals surface area contributed by atoms with Gasteiger partial charge in [-0.05, 0) is 24.3 Å². The molecule has 3 aromatic rings. The van der Waals surface area contributed by atoms with E-state index in [1.807, 2.05) is 24.3 Å². The number of hydrogen-bond acceptors (Lipinski definition) is 5. The minimum atomic E-state index is -0.658. The molecule has 0 aliphatic heterocycles. The van der Waals surface area contributed by atoms with E-state index in [4.69, 9.17) is 9.47 Å². The van der Waals surface area contributed by atoms with E-state index in [0.29, 0.717) is 16.8 Å². The monoisotopic (exact) mass is 295 g/mol. The smallest absolute Gasteiger partial charge is 0.418 e. The maximum Gasteiger partial charge on any atom is 0.418 e. The van der Waals surface area contributed by atoms with Crippen LogP contribution < -0.4 is 14.8 Å². The molecule has 0 fully saturated rings. The Labute approximate surface area is 126 Å². The Morgan fingerprint density at radius 2 is 1.59 bits per heavy atom. The average Bonchev–Trinajstić information content (AvgIpc) is 2.55. The van der Waals surface area contributed by atoms with Crippen molar-refractivity contribution in [2.45, 2.75) is 0 Å². The van der Waals surface area contributed by atoms with E-state index in [-0.39, 0.29) is 11.7 Å². The predicted molar refractivity (Wildman–Crippen MR) is 82.2 cm³/mol. The number of ether oxygens (including phenoxy) is 2. The summed E-state index contributed by atoms with van der Waals surface area (Å²) in [5, 5.41) is 2.54. The lowest BCUT2D eigenvalue weighted by Gasteiger charge is -2.09. The second kappa shape index (κ2) is 6.09. The number of methoxy groups -OCH3 is 1. The van der Waals surface area contributed by atoms with E-state index < -0.39 is 6.09 Å². The lowest BCUT2D eigenvalue weighted by Crippen LogP contribution is -2.18. The van der Waals surface area contributed by atoms with Crippen LogP contribution in [0.5, 0.6) is 11.6 Å². The first kappa shape index (κ1) is 13.8. The van der Waals surface area contributed by atoms with Crippen LogP contribution in [0, 0.1) is 0 Å². The summed E-state index contributed by atoms with van der Waals surface area (Å²) in [7, 11) is 1.46. The van der Waals surface area contributed by atoms with Crippen LogP contribution in [0.25, 0.3) is 11.0 Å². The maximum absolute atomic E-state index is 11.9. The molecule has 6 nitrogen and oxygen atoms in total. The van der Waals surface area contributed by atoms with Gasteiger partial charge in [-0.2, -0.15) is 0 Å². The summed E-state index contributed by atoms with van der Waals surface area (Å²) in [5.74, 6) is 0.874. The number of hydrogen-bond donors (Lipinski definition) is 1. The summed E-state index contributed by atoms with van der Waals surface area (Å²) >= 11 is 0. The minimum Gasteiger partial charge on any atom is -0.478 e. The van der Waals surface area contributed by atoms with E-state index >= 15 is 0 Å². The maximum atomic E-state index is 11.9. The lowest BCUT2D eigenvalue weighted by atomic mass is 10.3. The summed E-state index contributed by atoms with van der Waals surface area (Å²) in [6.45, 7) is 0. The summed E-state index contributed by atoms with van der Waals surface area (Å²) in [6.07, 6.45) is -0.658. The number of amides is 1. The molecular weight excluding hydrogens is 282 g/mol. The van der Waals surface area contributed by atoms with Crippen LogP contribution in [0.1, 0.15) is 0 Å². The highest BCUT2D eigenvalue weighted by atomic mass is 16.6. The lowest BCUT2D eigenvalue weighted by molar-refractivity contribution is 0.215. The van der Waals surface area contributed by atoms with Gasteiger partial charge in [-0.15, -0.1) is 0 Å². The summed E-state index contributed by atoms with van der Waals surface area (Å²) in [4.78, 5) is 20.6. The van der Waals surface area contributed by atoms with Crippen molar-refractivity contribution >= 4 is 22.9 Å². The number of fused-ring (bicyclic) bond motifs is 1. The highest BCUT2D eigenvalue weighted by Crippen LogP contribution is 2.23. The Balaban J connectivity index is 1.84. The third kappa shape index (κ3) is 2.95. The van der Waals surface area contributed by atoms with Gasteiger partial charge in [0, 0.05) is 0 Å². The van der Waals surface area contributed by atoms with Crippen LogP contribution in [-0.4, -0.2) is 23.2 Å². The van der Waals surface area contributed by atoms with Gasteiger partial charge in [-0.3, -0.25) is 5.32 Å². The van der Waals surface area contributed by atoms with E-state index in [2.05, 4.69) is 15.3 Å². The second-order valence-electron chi connectivity index (χ2n) is 4.40. The van der Waals surface area contributed by atoms with Crippen molar-refractivity contribution in [2.24, 2.45) is 0 Å². The van der Waals surface area contributed by atoms with Crippen molar-refractivity contribution in [1.29, 1.82) is 0 Å². The largest absolute Gasteiger partial charge is 0.478 e. The highest BCUT2D eigenvalue weighted by Gasteiger charge is 2.13. The standard InChI is InChI=1S/C16H13N3O3/c1-21-15-14(17-12-9-5-6-10-13(12)18-15)19-16(20)22-11-7-3-2-4-8-11/h2-10H,1H3,(H,17,19,20). The van der Waals surface area contributed by atoms with Gasteiger partial charge in [-0.1, -0.05) is 30.3 Å². The minimum absolute atomic E-state index is 0.210. The fourth-order valence-electron chi connectivity index (χ4n) is 1.93. The van der Waals surface area contributed by atoms with Crippen LogP contribution >= 0.6 is 0 Å².